The molecule has 0 N–H and O–H groups in total. The molecule has 8 heteroatoms. The Balaban J connectivity index is 1.63. The molecule has 0 spiro atoms. The van der Waals surface area contributed by atoms with E-state index in [9.17, 15) is 14.4 Å². The van der Waals surface area contributed by atoms with Crippen LogP contribution in [0.15, 0.2) is 18.2 Å². The number of ether oxygens (including phenoxy) is 3. The molecule has 2 fully saturated rings. The number of rotatable bonds is 6. The topological polar surface area (TPSA) is 85.4 Å². The van der Waals surface area contributed by atoms with E-state index in [-0.39, 0.29) is 24.8 Å². The summed E-state index contributed by atoms with van der Waals surface area (Å²) in [6.45, 7) is 7.39. The van der Waals surface area contributed by atoms with Gasteiger partial charge in [0.2, 0.25) is 5.91 Å². The minimum absolute atomic E-state index is 0.0344. The molecule has 2 aliphatic heterocycles. The lowest BCUT2D eigenvalue weighted by Gasteiger charge is -2.36. The van der Waals surface area contributed by atoms with Crippen LogP contribution in [-0.4, -0.2) is 62.6 Å². The Morgan fingerprint density at radius 1 is 1.06 bits per heavy atom. The van der Waals surface area contributed by atoms with Crippen LogP contribution in [0.25, 0.3) is 0 Å². The first kappa shape index (κ1) is 22.9. The number of carbonyl (C=O) groups is 3. The van der Waals surface area contributed by atoms with Gasteiger partial charge in [-0.2, -0.15) is 0 Å². The predicted octanol–water partition coefficient (Wildman–Crippen LogP) is 2.49. The molecule has 0 radical (unpaired) electrons. The van der Waals surface area contributed by atoms with E-state index >= 15 is 0 Å². The van der Waals surface area contributed by atoms with Crippen molar-refractivity contribution in [3.05, 3.63) is 18.2 Å². The van der Waals surface area contributed by atoms with Gasteiger partial charge in [0.25, 0.3) is 5.91 Å². The molecule has 2 saturated heterocycles. The van der Waals surface area contributed by atoms with Crippen molar-refractivity contribution < 1.29 is 28.6 Å². The summed E-state index contributed by atoms with van der Waals surface area (Å²) in [4.78, 5) is 41.4. The minimum atomic E-state index is -0.871. The SMILES string of the molecule is COc1ccc(N2CC(C(=O)OC(C)C(=O)N3CC(C)CC(C)C3)CC2=O)c(OC)c1. The number of carbonyl (C=O) groups excluding carboxylic acids is 3. The number of benzene rings is 1. The second-order valence-electron chi connectivity index (χ2n) is 8.71. The summed E-state index contributed by atoms with van der Waals surface area (Å²) in [5.41, 5.74) is 0.573. The fourth-order valence-corrected chi connectivity index (χ4v) is 4.53. The molecule has 0 aromatic heterocycles. The van der Waals surface area contributed by atoms with E-state index in [1.165, 1.54) is 12.0 Å². The average Bonchev–Trinajstić information content (AvgIpc) is 3.13. The average molecular weight is 433 g/mol. The first-order valence-electron chi connectivity index (χ1n) is 10.7. The Hall–Kier alpha value is -2.77. The zero-order valence-electron chi connectivity index (χ0n) is 18.9. The lowest BCUT2D eigenvalue weighted by molar-refractivity contribution is -0.163. The van der Waals surface area contributed by atoms with E-state index in [4.69, 9.17) is 14.2 Å². The summed E-state index contributed by atoms with van der Waals surface area (Å²) < 4.78 is 16.1. The van der Waals surface area contributed by atoms with Gasteiger partial charge < -0.3 is 24.0 Å². The molecule has 8 nitrogen and oxygen atoms in total. The quantitative estimate of drug-likeness (QED) is 0.642. The smallest absolute Gasteiger partial charge is 0.312 e. The highest BCUT2D eigenvalue weighted by Gasteiger charge is 2.39. The van der Waals surface area contributed by atoms with Gasteiger partial charge in [-0.05, 0) is 37.3 Å². The summed E-state index contributed by atoms with van der Waals surface area (Å²) in [5.74, 6) is 0.423. The maximum atomic E-state index is 12.8. The van der Waals surface area contributed by atoms with Crippen molar-refractivity contribution >= 4 is 23.5 Å². The number of methoxy groups -OCH3 is 2. The van der Waals surface area contributed by atoms with Crippen molar-refractivity contribution in [2.75, 3.05) is 38.8 Å². The molecule has 0 saturated carbocycles. The Morgan fingerprint density at radius 2 is 1.74 bits per heavy atom. The van der Waals surface area contributed by atoms with Gasteiger partial charge >= 0.3 is 5.97 Å². The summed E-state index contributed by atoms with van der Waals surface area (Å²) in [7, 11) is 3.06. The summed E-state index contributed by atoms with van der Waals surface area (Å²) >= 11 is 0. The van der Waals surface area contributed by atoms with Gasteiger partial charge in [-0.1, -0.05) is 13.8 Å². The molecule has 31 heavy (non-hydrogen) atoms. The summed E-state index contributed by atoms with van der Waals surface area (Å²) in [6, 6.07) is 5.15. The van der Waals surface area contributed by atoms with E-state index in [2.05, 4.69) is 13.8 Å². The lowest BCUT2D eigenvalue weighted by Crippen LogP contribution is -2.47. The van der Waals surface area contributed by atoms with Crippen molar-refractivity contribution in [1.29, 1.82) is 0 Å². The number of nitrogens with zero attached hydrogens (tertiary/aromatic N) is 2. The highest BCUT2D eigenvalue weighted by Crippen LogP contribution is 2.36. The first-order chi connectivity index (χ1) is 14.7. The van der Waals surface area contributed by atoms with Crippen LogP contribution >= 0.6 is 0 Å². The Labute approximate surface area is 183 Å². The van der Waals surface area contributed by atoms with Gasteiger partial charge in [-0.15, -0.1) is 0 Å². The second-order valence-corrected chi connectivity index (χ2v) is 8.71. The number of esters is 1. The first-order valence-corrected chi connectivity index (χ1v) is 10.7. The lowest BCUT2D eigenvalue weighted by atomic mass is 9.91. The minimum Gasteiger partial charge on any atom is -0.497 e. The monoisotopic (exact) mass is 432 g/mol. The third-order valence-electron chi connectivity index (χ3n) is 5.96. The van der Waals surface area contributed by atoms with Crippen LogP contribution in [0, 0.1) is 17.8 Å². The number of piperidine rings is 1. The van der Waals surface area contributed by atoms with Gasteiger partial charge in [0.15, 0.2) is 6.10 Å². The zero-order chi connectivity index (χ0) is 22.7. The van der Waals surface area contributed by atoms with Crippen LogP contribution < -0.4 is 14.4 Å². The molecule has 3 rings (SSSR count). The van der Waals surface area contributed by atoms with E-state index in [1.54, 1.807) is 37.1 Å². The standard InChI is InChI=1S/C23H32N2O6/c1-14-8-15(2)12-24(11-14)22(27)16(3)31-23(28)17-9-21(26)25(13-17)19-7-6-18(29-4)10-20(19)30-5/h6-7,10,14-17H,8-9,11-13H2,1-5H3. The van der Waals surface area contributed by atoms with Crippen molar-refractivity contribution in [3.63, 3.8) is 0 Å². The van der Waals surface area contributed by atoms with Crippen LogP contribution in [0.2, 0.25) is 0 Å². The van der Waals surface area contributed by atoms with E-state index in [0.717, 1.165) is 6.42 Å². The van der Waals surface area contributed by atoms with Crippen LogP contribution in [0.3, 0.4) is 0 Å². The number of likely N-dealkylation sites (tertiary alicyclic amines) is 1. The molecule has 0 aliphatic carbocycles. The Morgan fingerprint density at radius 3 is 2.35 bits per heavy atom. The molecule has 4 unspecified atom stereocenters. The highest BCUT2D eigenvalue weighted by molar-refractivity contribution is 6.01. The number of hydrogen-bond acceptors (Lipinski definition) is 6. The molecule has 2 aliphatic rings. The normalized spacial score (nSPS) is 24.7. The third-order valence-corrected chi connectivity index (χ3v) is 5.96. The van der Waals surface area contributed by atoms with E-state index < -0.39 is 18.0 Å². The molecular formula is C23H32N2O6. The van der Waals surface area contributed by atoms with Gasteiger partial charge in [0.1, 0.15) is 11.5 Å². The van der Waals surface area contributed by atoms with Crippen molar-refractivity contribution in [3.8, 4) is 11.5 Å². The Bertz CT molecular complexity index is 831. The predicted molar refractivity (Wildman–Crippen MR) is 115 cm³/mol. The molecule has 1 aromatic carbocycles. The van der Waals surface area contributed by atoms with Gasteiger partial charge in [-0.25, -0.2) is 0 Å². The fraction of sp³-hybridized carbons (Fsp3) is 0.609. The molecular weight excluding hydrogens is 400 g/mol. The molecule has 2 heterocycles. The molecule has 4 atom stereocenters. The van der Waals surface area contributed by atoms with Crippen molar-refractivity contribution in [1.82, 2.24) is 4.90 Å². The highest BCUT2D eigenvalue weighted by atomic mass is 16.5. The van der Waals surface area contributed by atoms with Crippen LogP contribution in [0.4, 0.5) is 5.69 Å². The van der Waals surface area contributed by atoms with Crippen molar-refractivity contribution in [2.45, 2.75) is 39.7 Å². The molecule has 0 bridgehead atoms. The molecule has 170 valence electrons. The largest absolute Gasteiger partial charge is 0.497 e. The maximum absolute atomic E-state index is 12.8. The maximum Gasteiger partial charge on any atom is 0.312 e. The van der Waals surface area contributed by atoms with E-state index in [0.29, 0.717) is 42.1 Å². The fourth-order valence-electron chi connectivity index (χ4n) is 4.53. The number of hydrogen-bond donors (Lipinski definition) is 0. The van der Waals surface area contributed by atoms with Gasteiger partial charge in [0.05, 0.1) is 25.8 Å². The molecule has 1 aromatic rings. The summed E-state index contributed by atoms with van der Waals surface area (Å²) in [6.07, 6.45) is 0.254. The van der Waals surface area contributed by atoms with Gasteiger partial charge in [-0.3, -0.25) is 14.4 Å². The molecule has 2 amide bonds. The third kappa shape index (κ3) is 5.11. The second kappa shape index (κ2) is 9.58. The zero-order valence-corrected chi connectivity index (χ0v) is 18.9. The van der Waals surface area contributed by atoms with Crippen molar-refractivity contribution in [2.24, 2.45) is 17.8 Å². The van der Waals surface area contributed by atoms with Crippen LogP contribution in [-0.2, 0) is 19.1 Å². The Kier molecular flexibility index (Phi) is 7.08. The number of amides is 2. The van der Waals surface area contributed by atoms with Gasteiger partial charge in [0, 0.05) is 32.1 Å². The van der Waals surface area contributed by atoms with E-state index in [1.807, 2.05) is 0 Å². The number of anilines is 1. The van der Waals surface area contributed by atoms with Crippen LogP contribution in [0.5, 0.6) is 11.5 Å². The van der Waals surface area contributed by atoms with Crippen LogP contribution in [0.1, 0.15) is 33.6 Å². The summed E-state index contributed by atoms with van der Waals surface area (Å²) in [5, 5.41) is 0.